The SMILES string of the molecule is Cc1nc(Br)cc(N2CCCC(CO)C2)n1. The first-order valence-corrected chi connectivity index (χ1v) is 6.35. The minimum absolute atomic E-state index is 0.266. The van der Waals surface area contributed by atoms with Crippen LogP contribution >= 0.6 is 15.9 Å². The van der Waals surface area contributed by atoms with Crippen molar-refractivity contribution in [2.75, 3.05) is 24.6 Å². The fraction of sp³-hybridized carbons (Fsp3) is 0.636. The van der Waals surface area contributed by atoms with Crippen LogP contribution in [0.1, 0.15) is 18.7 Å². The highest BCUT2D eigenvalue weighted by molar-refractivity contribution is 9.10. The zero-order chi connectivity index (χ0) is 11.5. The monoisotopic (exact) mass is 285 g/mol. The molecule has 5 heteroatoms. The predicted molar refractivity (Wildman–Crippen MR) is 66.5 cm³/mol. The predicted octanol–water partition coefficient (Wildman–Crippen LogP) is 1.76. The Hall–Kier alpha value is -0.680. The molecule has 1 fully saturated rings. The third-order valence-corrected chi connectivity index (χ3v) is 3.30. The van der Waals surface area contributed by atoms with Crippen LogP contribution in [0, 0.1) is 12.8 Å². The van der Waals surface area contributed by atoms with E-state index in [2.05, 4.69) is 30.8 Å². The number of anilines is 1. The molecular formula is C11H16BrN3O. The highest BCUT2D eigenvalue weighted by Gasteiger charge is 2.20. The highest BCUT2D eigenvalue weighted by Crippen LogP contribution is 2.23. The largest absolute Gasteiger partial charge is 0.396 e. The molecule has 1 aliphatic rings. The lowest BCUT2D eigenvalue weighted by Gasteiger charge is -2.32. The molecule has 0 bridgehead atoms. The Balaban J connectivity index is 2.16. The van der Waals surface area contributed by atoms with Crippen molar-refractivity contribution in [3.05, 3.63) is 16.5 Å². The lowest BCUT2D eigenvalue weighted by atomic mass is 9.99. The number of piperidine rings is 1. The van der Waals surface area contributed by atoms with Gasteiger partial charge in [0.1, 0.15) is 16.2 Å². The first kappa shape index (κ1) is 11.8. The first-order valence-electron chi connectivity index (χ1n) is 5.56. The zero-order valence-electron chi connectivity index (χ0n) is 9.36. The summed E-state index contributed by atoms with van der Waals surface area (Å²) in [4.78, 5) is 10.9. The van der Waals surface area contributed by atoms with Crippen LogP contribution in [0.25, 0.3) is 0 Å². The number of halogens is 1. The maximum Gasteiger partial charge on any atom is 0.133 e. The number of aliphatic hydroxyl groups is 1. The molecule has 1 aromatic heterocycles. The van der Waals surface area contributed by atoms with E-state index in [1.54, 1.807) is 0 Å². The van der Waals surface area contributed by atoms with Gasteiger partial charge in [-0.1, -0.05) is 0 Å². The average molecular weight is 286 g/mol. The number of aliphatic hydroxyl groups excluding tert-OH is 1. The summed E-state index contributed by atoms with van der Waals surface area (Å²) in [5.74, 6) is 2.11. The van der Waals surface area contributed by atoms with Gasteiger partial charge in [0.05, 0.1) is 0 Å². The van der Waals surface area contributed by atoms with Gasteiger partial charge in [-0.3, -0.25) is 0 Å². The van der Waals surface area contributed by atoms with Crippen molar-refractivity contribution < 1.29 is 5.11 Å². The molecule has 1 N–H and O–H groups in total. The summed E-state index contributed by atoms with van der Waals surface area (Å²) in [6.07, 6.45) is 2.23. The quantitative estimate of drug-likeness (QED) is 0.842. The molecule has 16 heavy (non-hydrogen) atoms. The summed E-state index contributed by atoms with van der Waals surface area (Å²) in [5.41, 5.74) is 0. The Morgan fingerprint density at radius 1 is 1.56 bits per heavy atom. The van der Waals surface area contributed by atoms with Crippen LogP contribution in [0.3, 0.4) is 0 Å². The molecule has 0 radical (unpaired) electrons. The lowest BCUT2D eigenvalue weighted by molar-refractivity contribution is 0.208. The van der Waals surface area contributed by atoms with Gasteiger partial charge in [0.15, 0.2) is 0 Å². The number of hydrogen-bond donors (Lipinski definition) is 1. The number of nitrogens with zero attached hydrogens (tertiary/aromatic N) is 3. The molecule has 2 rings (SSSR count). The topological polar surface area (TPSA) is 49.2 Å². The molecule has 1 aliphatic heterocycles. The standard InChI is InChI=1S/C11H16BrN3O/c1-8-13-10(12)5-11(14-8)15-4-2-3-9(6-15)7-16/h5,9,16H,2-4,6-7H2,1H3. The van der Waals surface area contributed by atoms with E-state index in [4.69, 9.17) is 0 Å². The van der Waals surface area contributed by atoms with Crippen LogP contribution in [0.15, 0.2) is 10.7 Å². The molecule has 1 aromatic rings. The fourth-order valence-corrected chi connectivity index (χ4v) is 2.56. The number of hydrogen-bond acceptors (Lipinski definition) is 4. The van der Waals surface area contributed by atoms with E-state index in [9.17, 15) is 5.11 Å². The normalized spacial score (nSPS) is 21.2. The molecule has 0 saturated carbocycles. The molecule has 2 heterocycles. The van der Waals surface area contributed by atoms with Gasteiger partial charge in [-0.2, -0.15) is 0 Å². The van der Waals surface area contributed by atoms with Crippen LogP contribution in [0.2, 0.25) is 0 Å². The maximum atomic E-state index is 9.20. The van der Waals surface area contributed by atoms with E-state index in [0.29, 0.717) is 5.92 Å². The van der Waals surface area contributed by atoms with E-state index >= 15 is 0 Å². The summed E-state index contributed by atoms with van der Waals surface area (Å²) < 4.78 is 0.820. The van der Waals surface area contributed by atoms with Crippen molar-refractivity contribution in [2.24, 2.45) is 5.92 Å². The van der Waals surface area contributed by atoms with E-state index in [1.165, 1.54) is 0 Å². The molecule has 1 unspecified atom stereocenters. The fourth-order valence-electron chi connectivity index (χ4n) is 2.10. The van der Waals surface area contributed by atoms with Crippen molar-refractivity contribution in [3.63, 3.8) is 0 Å². The van der Waals surface area contributed by atoms with Crippen LogP contribution in [0.5, 0.6) is 0 Å². The molecular weight excluding hydrogens is 270 g/mol. The van der Waals surface area contributed by atoms with E-state index in [-0.39, 0.29) is 6.61 Å². The smallest absolute Gasteiger partial charge is 0.133 e. The summed E-state index contributed by atoms with van der Waals surface area (Å²) in [6.45, 7) is 4.06. The third kappa shape index (κ3) is 2.71. The molecule has 0 spiro atoms. The second kappa shape index (κ2) is 5.10. The Bertz CT molecular complexity index is 352. The Labute approximate surface area is 104 Å². The van der Waals surface area contributed by atoms with Crippen LogP contribution < -0.4 is 4.90 Å². The number of aryl methyl sites for hydroxylation is 1. The Kier molecular flexibility index (Phi) is 3.76. The van der Waals surface area contributed by atoms with Crippen LogP contribution in [-0.2, 0) is 0 Å². The minimum atomic E-state index is 0.266. The Morgan fingerprint density at radius 2 is 2.38 bits per heavy atom. The molecule has 88 valence electrons. The van der Waals surface area contributed by atoms with E-state index < -0.39 is 0 Å². The second-order valence-electron chi connectivity index (χ2n) is 4.23. The molecule has 1 saturated heterocycles. The molecule has 4 nitrogen and oxygen atoms in total. The number of aromatic nitrogens is 2. The zero-order valence-corrected chi connectivity index (χ0v) is 10.9. The van der Waals surface area contributed by atoms with Crippen LogP contribution in [-0.4, -0.2) is 34.8 Å². The summed E-state index contributed by atoms with van der Waals surface area (Å²) in [5, 5.41) is 9.20. The first-order chi connectivity index (χ1) is 7.69. The maximum absolute atomic E-state index is 9.20. The van der Waals surface area contributed by atoms with E-state index in [1.807, 2.05) is 13.0 Å². The van der Waals surface area contributed by atoms with Crippen molar-refractivity contribution in [2.45, 2.75) is 19.8 Å². The van der Waals surface area contributed by atoms with Crippen molar-refractivity contribution in [3.8, 4) is 0 Å². The molecule has 0 aromatic carbocycles. The highest BCUT2D eigenvalue weighted by atomic mass is 79.9. The summed E-state index contributed by atoms with van der Waals surface area (Å²) in [7, 11) is 0. The lowest BCUT2D eigenvalue weighted by Crippen LogP contribution is -2.37. The van der Waals surface area contributed by atoms with Crippen molar-refractivity contribution in [1.29, 1.82) is 0 Å². The van der Waals surface area contributed by atoms with Crippen LogP contribution in [0.4, 0.5) is 5.82 Å². The van der Waals surface area contributed by atoms with Gasteiger partial charge >= 0.3 is 0 Å². The van der Waals surface area contributed by atoms with E-state index in [0.717, 1.165) is 42.2 Å². The Morgan fingerprint density at radius 3 is 3.06 bits per heavy atom. The van der Waals surface area contributed by atoms with Gasteiger partial charge < -0.3 is 10.0 Å². The van der Waals surface area contributed by atoms with Gasteiger partial charge in [0.25, 0.3) is 0 Å². The van der Waals surface area contributed by atoms with Gasteiger partial charge in [-0.15, -0.1) is 0 Å². The molecule has 1 atom stereocenters. The van der Waals surface area contributed by atoms with Gasteiger partial charge in [-0.25, -0.2) is 9.97 Å². The average Bonchev–Trinajstić information content (AvgIpc) is 2.28. The van der Waals surface area contributed by atoms with Crippen molar-refractivity contribution >= 4 is 21.7 Å². The molecule has 0 aliphatic carbocycles. The third-order valence-electron chi connectivity index (χ3n) is 2.89. The minimum Gasteiger partial charge on any atom is -0.396 e. The van der Waals surface area contributed by atoms with Gasteiger partial charge in [0, 0.05) is 25.8 Å². The summed E-state index contributed by atoms with van der Waals surface area (Å²) in [6, 6.07) is 1.94. The molecule has 0 amide bonds. The van der Waals surface area contributed by atoms with Gasteiger partial charge in [0.2, 0.25) is 0 Å². The second-order valence-corrected chi connectivity index (χ2v) is 5.05. The summed E-state index contributed by atoms with van der Waals surface area (Å²) >= 11 is 3.38. The number of rotatable bonds is 2. The van der Waals surface area contributed by atoms with Gasteiger partial charge in [-0.05, 0) is 41.6 Å². The van der Waals surface area contributed by atoms with Crippen molar-refractivity contribution in [1.82, 2.24) is 9.97 Å².